The quantitative estimate of drug-likeness (QED) is 0.0835. The van der Waals surface area contributed by atoms with E-state index in [0.717, 1.165) is 44.7 Å². The minimum Gasteiger partial charge on any atom is -0.289 e. The molecule has 6 rings (SSSR count). The maximum atomic E-state index is 13.8. The number of rotatable bonds is 16. The summed E-state index contributed by atoms with van der Waals surface area (Å²) in [6.07, 6.45) is 7.19. The Morgan fingerprint density at radius 2 is 1.08 bits per heavy atom. The first-order valence-corrected chi connectivity index (χ1v) is 23.6. The molecule has 53 heavy (non-hydrogen) atoms. The van der Waals surface area contributed by atoms with E-state index in [1.165, 1.54) is 15.9 Å². The number of benzene rings is 4. The second-order valence-electron chi connectivity index (χ2n) is 15.8. The molecule has 0 radical (unpaired) electrons. The summed E-state index contributed by atoms with van der Waals surface area (Å²) in [4.78, 5) is 27.7. The third kappa shape index (κ3) is 8.47. The molecule has 2 aliphatic rings. The number of hydrogen-bond donors (Lipinski definition) is 0. The van der Waals surface area contributed by atoms with Crippen LogP contribution < -0.4 is 15.9 Å². The monoisotopic (exact) mass is 796 g/mol. The number of halogens is 1. The number of allylic oxidation sites excluding steroid dienone is 2. The van der Waals surface area contributed by atoms with Crippen molar-refractivity contribution in [2.24, 2.45) is 5.92 Å². The summed E-state index contributed by atoms with van der Waals surface area (Å²) in [6.45, 7) is 9.72. The molecular weight excluding hydrogens is 743 g/mol. The van der Waals surface area contributed by atoms with E-state index >= 15 is 0 Å². The summed E-state index contributed by atoms with van der Waals surface area (Å²) in [5.41, 5.74) is 0.353. The molecule has 5 nitrogen and oxygen atoms in total. The Kier molecular flexibility index (Phi) is 12.3. The van der Waals surface area contributed by atoms with Crippen molar-refractivity contribution in [3.05, 3.63) is 138 Å². The smallest absolute Gasteiger partial charge is 0.289 e. The number of hydrogen-bond acceptors (Lipinski definition) is 5. The average molecular weight is 798 g/mol. The topological polar surface area (TPSA) is 61.8 Å². The molecule has 1 fully saturated rings. The summed E-state index contributed by atoms with van der Waals surface area (Å²) in [6, 6.07) is 39.5. The van der Waals surface area contributed by atoms with Gasteiger partial charge in [0.25, 0.3) is 0 Å². The Balaban J connectivity index is 1.08. The van der Waals surface area contributed by atoms with Crippen molar-refractivity contribution in [1.82, 2.24) is 0 Å². The predicted molar refractivity (Wildman–Crippen MR) is 223 cm³/mol. The predicted octanol–water partition coefficient (Wildman–Crippen LogP) is 10.1. The molecule has 4 aromatic carbocycles. The number of carbonyl (C=O) groups excluding carboxylic acids is 2. The van der Waals surface area contributed by atoms with Crippen LogP contribution in [0, 0.1) is 5.92 Å². The molecule has 4 aromatic rings. The van der Waals surface area contributed by atoms with E-state index in [2.05, 4.69) is 120 Å². The van der Waals surface area contributed by atoms with Crippen molar-refractivity contribution in [3.8, 4) is 0 Å². The summed E-state index contributed by atoms with van der Waals surface area (Å²) >= 11 is 4.51. The van der Waals surface area contributed by atoms with Crippen LogP contribution in [0.1, 0.15) is 93.4 Å². The average Bonchev–Trinajstić information content (AvgIpc) is 3.18. The van der Waals surface area contributed by atoms with Crippen molar-refractivity contribution < 1.29 is 23.8 Å². The first-order valence-electron chi connectivity index (χ1n) is 19.2. The van der Waals surface area contributed by atoms with Crippen LogP contribution in [0.2, 0.25) is 0 Å². The van der Waals surface area contributed by atoms with E-state index in [0.29, 0.717) is 42.9 Å². The Morgan fingerprint density at radius 3 is 1.60 bits per heavy atom. The third-order valence-electron chi connectivity index (χ3n) is 11.1. The van der Waals surface area contributed by atoms with Gasteiger partial charge in [0.15, 0.2) is 5.78 Å². The van der Waals surface area contributed by atoms with Gasteiger partial charge in [0.2, 0.25) is 5.78 Å². The van der Waals surface area contributed by atoms with Crippen molar-refractivity contribution >= 4 is 48.3 Å². The van der Waals surface area contributed by atoms with Gasteiger partial charge in [-0.3, -0.25) is 9.59 Å². The molecule has 0 heterocycles. The van der Waals surface area contributed by atoms with Crippen LogP contribution in [-0.4, -0.2) is 48.8 Å². The first kappa shape index (κ1) is 39.3. The zero-order chi connectivity index (χ0) is 37.6. The number of Topliss-reactive ketones (excluding diaryl/α,β-unsaturated/α-hetero) is 2. The molecule has 7 heteroatoms. The fourth-order valence-corrected chi connectivity index (χ4v) is 15.0. The van der Waals surface area contributed by atoms with Gasteiger partial charge in [-0.1, -0.05) is 43.5 Å². The number of ketones is 2. The second kappa shape index (κ2) is 16.5. The van der Waals surface area contributed by atoms with Gasteiger partial charge in [0.1, 0.15) is 0 Å². The van der Waals surface area contributed by atoms with E-state index in [4.69, 9.17) is 14.2 Å². The van der Waals surface area contributed by atoms with Crippen molar-refractivity contribution in [2.75, 3.05) is 26.0 Å². The van der Waals surface area contributed by atoms with Gasteiger partial charge in [-0.25, -0.2) is 0 Å². The fourth-order valence-electron chi connectivity index (χ4n) is 7.91. The van der Waals surface area contributed by atoms with Crippen molar-refractivity contribution in [2.45, 2.75) is 83.8 Å². The molecule has 2 aliphatic carbocycles. The summed E-state index contributed by atoms with van der Waals surface area (Å²) in [5.74, 6) is 0.0480. The zero-order valence-electron chi connectivity index (χ0n) is 31.7. The molecule has 0 amide bonds. The van der Waals surface area contributed by atoms with Crippen LogP contribution in [0.4, 0.5) is 0 Å². The molecule has 0 unspecified atom stereocenters. The van der Waals surface area contributed by atoms with E-state index in [9.17, 15) is 9.59 Å². The minimum atomic E-state index is -3.05. The Bertz CT molecular complexity index is 1800. The van der Waals surface area contributed by atoms with Crippen LogP contribution in [0.3, 0.4) is 0 Å². The van der Waals surface area contributed by atoms with Crippen LogP contribution >= 0.6 is 20.8 Å². The Labute approximate surface area is 324 Å². The standard InChI is InChI=1S/C46H54BrO5P/c1-45(2,29-31-50-33-34-53(47,36-21-11-6-12-22-36,37-23-13-7-14-24-37)38-25-15-8-16-26-38)51-32-30-46(3,4)52-44-41(35-19-9-5-10-20-35)42(48)39-27-17-18-28-40(39)43(44)49/h6-8,11-18,21-28,35H,5,9-10,19-20,29-34H2,1-4H3. The number of carbonyl (C=O) groups is 2. The number of ether oxygens (including phenoxy) is 3. The van der Waals surface area contributed by atoms with Gasteiger partial charge in [-0.05, 0) is 18.8 Å². The molecule has 0 atom stereocenters. The molecule has 0 bridgehead atoms. The zero-order valence-corrected chi connectivity index (χ0v) is 34.2. The molecule has 0 saturated heterocycles. The van der Waals surface area contributed by atoms with Gasteiger partial charge in [0, 0.05) is 16.7 Å². The normalized spacial score (nSPS) is 16.6. The third-order valence-corrected chi connectivity index (χ3v) is 21.0. The van der Waals surface area contributed by atoms with Crippen LogP contribution in [-0.2, 0) is 14.2 Å². The molecule has 0 spiro atoms. The second-order valence-corrected chi connectivity index (χ2v) is 24.8. The summed E-state index contributed by atoms with van der Waals surface area (Å²) in [5, 5.41) is 0.777. The van der Waals surface area contributed by atoms with Gasteiger partial charge in [-0.2, -0.15) is 0 Å². The minimum absolute atomic E-state index is 0.0507. The van der Waals surface area contributed by atoms with Gasteiger partial charge in [0.05, 0.1) is 0 Å². The first-order chi connectivity index (χ1) is 25.4. The SMILES string of the molecule is CC(C)(CCOCCP(Br)(c1ccccc1)(c1ccccc1)c1ccccc1)OCCC(C)(C)OC1=C(C2CCCCC2)C(=O)c2ccccc2C1=O. The van der Waals surface area contributed by atoms with E-state index < -0.39 is 16.5 Å². The van der Waals surface area contributed by atoms with Gasteiger partial charge in [-0.15, -0.1) is 0 Å². The van der Waals surface area contributed by atoms with Gasteiger partial charge >= 0.3 is 225 Å². The molecule has 0 aliphatic heterocycles. The molecule has 280 valence electrons. The number of fused-ring (bicyclic) bond motifs is 1. The van der Waals surface area contributed by atoms with Crippen molar-refractivity contribution in [1.29, 1.82) is 0 Å². The Morgan fingerprint density at radius 1 is 0.604 bits per heavy atom. The van der Waals surface area contributed by atoms with Crippen molar-refractivity contribution in [3.63, 3.8) is 0 Å². The van der Waals surface area contributed by atoms with E-state index in [-0.39, 0.29) is 23.2 Å². The van der Waals surface area contributed by atoms with Gasteiger partial charge < -0.3 is 0 Å². The molecular formula is C46H54BrO5P. The van der Waals surface area contributed by atoms with Crippen LogP contribution in [0.25, 0.3) is 0 Å². The van der Waals surface area contributed by atoms with E-state index in [1.54, 1.807) is 12.1 Å². The fraction of sp³-hybridized carbons (Fsp3) is 0.391. The molecule has 0 aromatic heterocycles. The Hall–Kier alpha value is -3.41. The van der Waals surface area contributed by atoms with Crippen LogP contribution in [0.15, 0.2) is 127 Å². The van der Waals surface area contributed by atoms with E-state index in [1.807, 2.05) is 26.0 Å². The maximum absolute atomic E-state index is 13.8. The van der Waals surface area contributed by atoms with Crippen LogP contribution in [0.5, 0.6) is 0 Å². The summed E-state index contributed by atoms with van der Waals surface area (Å²) < 4.78 is 19.5. The molecule has 0 N–H and O–H groups in total. The summed E-state index contributed by atoms with van der Waals surface area (Å²) in [7, 11) is 0. The molecule has 1 saturated carbocycles.